The summed E-state index contributed by atoms with van der Waals surface area (Å²) in [6.45, 7) is 5.64. The Hall–Kier alpha value is -1.16. The molecule has 1 heterocycles. The Bertz CT molecular complexity index is 595. The van der Waals surface area contributed by atoms with Gasteiger partial charge in [0.05, 0.1) is 13.2 Å². The summed E-state index contributed by atoms with van der Waals surface area (Å²) in [5, 5.41) is 0. The average Bonchev–Trinajstić information content (AvgIpc) is 2.50. The maximum atomic E-state index is 6.26. The minimum absolute atomic E-state index is 0.0354. The molecule has 110 valence electrons. The second-order valence-electron chi connectivity index (χ2n) is 6.23. The first kappa shape index (κ1) is 14.8. The van der Waals surface area contributed by atoms with E-state index in [2.05, 4.69) is 54.0 Å². The number of benzene rings is 2. The van der Waals surface area contributed by atoms with Crippen molar-refractivity contribution in [1.29, 1.82) is 0 Å². The molecule has 0 unspecified atom stereocenters. The Morgan fingerprint density at radius 2 is 1.33 bits per heavy atom. The quantitative estimate of drug-likeness (QED) is 0.782. The van der Waals surface area contributed by atoms with Gasteiger partial charge in [-0.25, -0.2) is 0 Å². The van der Waals surface area contributed by atoms with Crippen LogP contribution in [0.2, 0.25) is 0 Å². The van der Waals surface area contributed by atoms with Crippen molar-refractivity contribution in [3.05, 3.63) is 70.2 Å². The normalized spacial score (nSPS) is 20.1. The fraction of sp³-hybridized carbons (Fsp3) is 0.333. The SMILES string of the molecule is CC1(C)COC(c2ccccc2)(c2ccc(Br)cc2)OC1. The molecule has 0 radical (unpaired) electrons. The smallest absolute Gasteiger partial charge is 0.222 e. The van der Waals surface area contributed by atoms with Crippen LogP contribution < -0.4 is 0 Å². The first-order valence-corrected chi connectivity index (χ1v) is 7.91. The zero-order chi connectivity index (χ0) is 14.9. The van der Waals surface area contributed by atoms with Gasteiger partial charge in [-0.15, -0.1) is 0 Å². The van der Waals surface area contributed by atoms with Crippen molar-refractivity contribution in [3.63, 3.8) is 0 Å². The highest BCUT2D eigenvalue weighted by atomic mass is 79.9. The van der Waals surface area contributed by atoms with Crippen LogP contribution in [0.1, 0.15) is 25.0 Å². The third-order valence-electron chi connectivity index (χ3n) is 3.71. The molecule has 0 aromatic heterocycles. The van der Waals surface area contributed by atoms with Crippen LogP contribution in [0.3, 0.4) is 0 Å². The zero-order valence-electron chi connectivity index (χ0n) is 12.3. The van der Waals surface area contributed by atoms with Crippen LogP contribution in [0.4, 0.5) is 0 Å². The number of halogens is 1. The van der Waals surface area contributed by atoms with E-state index >= 15 is 0 Å². The maximum Gasteiger partial charge on any atom is 0.222 e. The van der Waals surface area contributed by atoms with Crippen LogP contribution in [-0.4, -0.2) is 13.2 Å². The van der Waals surface area contributed by atoms with Gasteiger partial charge in [0, 0.05) is 21.0 Å². The lowest BCUT2D eigenvalue weighted by molar-refractivity contribution is -0.284. The van der Waals surface area contributed by atoms with Crippen molar-refractivity contribution in [2.24, 2.45) is 5.41 Å². The largest absolute Gasteiger partial charge is 0.342 e. The first-order chi connectivity index (χ1) is 10.0. The topological polar surface area (TPSA) is 18.5 Å². The van der Waals surface area contributed by atoms with E-state index < -0.39 is 5.79 Å². The van der Waals surface area contributed by atoms with Crippen molar-refractivity contribution >= 4 is 15.9 Å². The Morgan fingerprint density at radius 3 is 1.90 bits per heavy atom. The molecule has 0 amide bonds. The van der Waals surface area contributed by atoms with E-state index in [9.17, 15) is 0 Å². The van der Waals surface area contributed by atoms with E-state index in [0.717, 1.165) is 15.6 Å². The maximum absolute atomic E-state index is 6.26. The standard InChI is InChI=1S/C18H19BrO2/c1-17(2)12-20-18(21-13-17,14-6-4-3-5-7-14)15-8-10-16(19)11-9-15/h3-11H,12-13H2,1-2H3. The second kappa shape index (κ2) is 5.56. The molecule has 0 aliphatic carbocycles. The second-order valence-corrected chi connectivity index (χ2v) is 7.15. The minimum Gasteiger partial charge on any atom is -0.342 e. The van der Waals surface area contributed by atoms with Gasteiger partial charge in [0.2, 0.25) is 5.79 Å². The fourth-order valence-corrected chi connectivity index (χ4v) is 2.77. The third kappa shape index (κ3) is 2.91. The molecule has 3 rings (SSSR count). The van der Waals surface area contributed by atoms with E-state index in [4.69, 9.17) is 9.47 Å². The van der Waals surface area contributed by atoms with Gasteiger partial charge >= 0.3 is 0 Å². The van der Waals surface area contributed by atoms with Crippen molar-refractivity contribution in [1.82, 2.24) is 0 Å². The van der Waals surface area contributed by atoms with E-state index in [1.54, 1.807) is 0 Å². The number of hydrogen-bond donors (Lipinski definition) is 0. The summed E-state index contributed by atoms with van der Waals surface area (Å²) >= 11 is 3.48. The van der Waals surface area contributed by atoms with Gasteiger partial charge in [0.1, 0.15) is 0 Å². The predicted molar refractivity (Wildman–Crippen MR) is 87.0 cm³/mol. The number of ether oxygens (including phenoxy) is 2. The van der Waals surface area contributed by atoms with Crippen molar-refractivity contribution in [2.45, 2.75) is 19.6 Å². The van der Waals surface area contributed by atoms with Gasteiger partial charge in [0.25, 0.3) is 0 Å². The summed E-state index contributed by atoms with van der Waals surface area (Å²) in [7, 11) is 0. The third-order valence-corrected chi connectivity index (χ3v) is 4.24. The first-order valence-electron chi connectivity index (χ1n) is 7.11. The Morgan fingerprint density at radius 1 is 0.810 bits per heavy atom. The molecule has 1 aliphatic heterocycles. The predicted octanol–water partition coefficient (Wildman–Crippen LogP) is 4.72. The zero-order valence-corrected chi connectivity index (χ0v) is 13.9. The summed E-state index contributed by atoms with van der Waals surface area (Å²) in [6.07, 6.45) is 0. The Kier molecular flexibility index (Phi) is 3.91. The van der Waals surface area contributed by atoms with Crippen LogP contribution in [0.25, 0.3) is 0 Å². The highest BCUT2D eigenvalue weighted by Crippen LogP contribution is 2.41. The number of rotatable bonds is 2. The molecular weight excluding hydrogens is 328 g/mol. The van der Waals surface area contributed by atoms with Gasteiger partial charge in [-0.05, 0) is 12.1 Å². The van der Waals surface area contributed by atoms with Crippen molar-refractivity contribution in [3.8, 4) is 0 Å². The lowest BCUT2D eigenvalue weighted by Crippen LogP contribution is -2.46. The number of hydrogen-bond acceptors (Lipinski definition) is 2. The van der Waals surface area contributed by atoms with Gasteiger partial charge in [-0.3, -0.25) is 0 Å². The molecule has 21 heavy (non-hydrogen) atoms. The molecule has 0 saturated carbocycles. The molecule has 3 heteroatoms. The van der Waals surface area contributed by atoms with Gasteiger partial charge in [-0.2, -0.15) is 0 Å². The summed E-state index contributed by atoms with van der Waals surface area (Å²) in [5.41, 5.74) is 2.09. The highest BCUT2D eigenvalue weighted by molar-refractivity contribution is 9.10. The van der Waals surface area contributed by atoms with Crippen LogP contribution in [0.5, 0.6) is 0 Å². The van der Waals surface area contributed by atoms with Crippen LogP contribution >= 0.6 is 15.9 Å². The van der Waals surface area contributed by atoms with Crippen LogP contribution in [0.15, 0.2) is 59.1 Å². The molecule has 2 nitrogen and oxygen atoms in total. The molecule has 1 saturated heterocycles. The monoisotopic (exact) mass is 346 g/mol. The minimum atomic E-state index is -0.808. The fourth-order valence-electron chi connectivity index (χ4n) is 2.50. The van der Waals surface area contributed by atoms with Gasteiger partial charge in [0.15, 0.2) is 0 Å². The molecule has 1 aliphatic rings. The van der Waals surface area contributed by atoms with E-state index in [1.165, 1.54) is 0 Å². The van der Waals surface area contributed by atoms with E-state index in [1.807, 2.05) is 30.3 Å². The van der Waals surface area contributed by atoms with Crippen LogP contribution in [0, 0.1) is 5.41 Å². The van der Waals surface area contributed by atoms with E-state index in [0.29, 0.717) is 13.2 Å². The summed E-state index contributed by atoms with van der Waals surface area (Å²) in [4.78, 5) is 0. The molecular formula is C18H19BrO2. The van der Waals surface area contributed by atoms with Crippen molar-refractivity contribution in [2.75, 3.05) is 13.2 Å². The summed E-state index contributed by atoms with van der Waals surface area (Å²) in [5.74, 6) is -0.808. The van der Waals surface area contributed by atoms with Gasteiger partial charge < -0.3 is 9.47 Å². The Balaban J connectivity index is 2.06. The lowest BCUT2D eigenvalue weighted by atomic mass is 9.90. The molecule has 0 bridgehead atoms. The Labute approximate surface area is 134 Å². The molecule has 1 fully saturated rings. The van der Waals surface area contributed by atoms with Crippen LogP contribution in [-0.2, 0) is 15.3 Å². The van der Waals surface area contributed by atoms with Crippen molar-refractivity contribution < 1.29 is 9.47 Å². The summed E-state index contributed by atoms with van der Waals surface area (Å²) < 4.78 is 13.6. The molecule has 0 N–H and O–H groups in total. The lowest BCUT2D eigenvalue weighted by Gasteiger charge is -2.44. The molecule has 2 aromatic carbocycles. The summed E-state index contributed by atoms with van der Waals surface area (Å²) in [6, 6.07) is 18.3. The average molecular weight is 347 g/mol. The highest BCUT2D eigenvalue weighted by Gasteiger charge is 2.43. The van der Waals surface area contributed by atoms with Gasteiger partial charge in [-0.1, -0.05) is 72.2 Å². The van der Waals surface area contributed by atoms with E-state index in [-0.39, 0.29) is 5.41 Å². The molecule has 0 atom stereocenters. The molecule has 2 aromatic rings. The molecule has 0 spiro atoms.